The lowest BCUT2D eigenvalue weighted by atomic mass is 10.0. The topological polar surface area (TPSA) is 29.9 Å². The highest BCUT2D eigenvalue weighted by atomic mass is 15.3. The van der Waals surface area contributed by atoms with E-state index in [1.807, 2.05) is 10.9 Å². The van der Waals surface area contributed by atoms with Gasteiger partial charge in [-0.05, 0) is 36.9 Å². The minimum Gasteiger partial charge on any atom is -0.310 e. The van der Waals surface area contributed by atoms with Crippen molar-refractivity contribution in [1.82, 2.24) is 15.1 Å². The van der Waals surface area contributed by atoms with Gasteiger partial charge in [0.15, 0.2) is 0 Å². The summed E-state index contributed by atoms with van der Waals surface area (Å²) in [6.07, 6.45) is 7.49. The molecule has 114 valence electrons. The van der Waals surface area contributed by atoms with E-state index >= 15 is 0 Å². The lowest BCUT2D eigenvalue weighted by Crippen LogP contribution is -2.21. The van der Waals surface area contributed by atoms with Gasteiger partial charge < -0.3 is 5.32 Å². The van der Waals surface area contributed by atoms with Crippen molar-refractivity contribution < 1.29 is 0 Å². The van der Waals surface area contributed by atoms with Crippen LogP contribution in [0.25, 0.3) is 11.1 Å². The van der Waals surface area contributed by atoms with Gasteiger partial charge in [-0.2, -0.15) is 5.10 Å². The Morgan fingerprint density at radius 1 is 1.05 bits per heavy atom. The number of rotatable bonds is 8. The fraction of sp³-hybridized carbons (Fsp3) is 0.500. The van der Waals surface area contributed by atoms with E-state index < -0.39 is 0 Å². The quantitative estimate of drug-likeness (QED) is 0.778. The van der Waals surface area contributed by atoms with Crippen LogP contribution in [0.1, 0.15) is 51.6 Å². The molecular formula is C18H27N3. The van der Waals surface area contributed by atoms with Crippen molar-refractivity contribution in [3.8, 4) is 11.1 Å². The monoisotopic (exact) mass is 285 g/mol. The molecule has 1 N–H and O–H groups in total. The van der Waals surface area contributed by atoms with Gasteiger partial charge >= 0.3 is 0 Å². The molecule has 0 saturated carbocycles. The molecule has 0 saturated heterocycles. The summed E-state index contributed by atoms with van der Waals surface area (Å²) in [5.41, 5.74) is 3.81. The molecule has 0 aliphatic rings. The molecule has 1 atom stereocenters. The maximum atomic E-state index is 4.40. The van der Waals surface area contributed by atoms with E-state index in [4.69, 9.17) is 0 Å². The zero-order valence-corrected chi connectivity index (χ0v) is 13.5. The van der Waals surface area contributed by atoms with Crippen LogP contribution >= 0.6 is 0 Å². The summed E-state index contributed by atoms with van der Waals surface area (Å²) in [4.78, 5) is 0. The second-order valence-corrected chi connectivity index (χ2v) is 5.53. The largest absolute Gasteiger partial charge is 0.310 e. The average Bonchev–Trinajstić information content (AvgIpc) is 2.98. The predicted octanol–water partition coefficient (Wildman–Crippen LogP) is 4.41. The Bertz CT molecular complexity index is 528. The zero-order valence-electron chi connectivity index (χ0n) is 13.5. The van der Waals surface area contributed by atoms with Crippen molar-refractivity contribution in [3.63, 3.8) is 0 Å². The van der Waals surface area contributed by atoms with Gasteiger partial charge in [0.1, 0.15) is 0 Å². The Kier molecular flexibility index (Phi) is 6.00. The van der Waals surface area contributed by atoms with E-state index in [1.54, 1.807) is 0 Å². The van der Waals surface area contributed by atoms with Crippen LogP contribution < -0.4 is 5.32 Å². The van der Waals surface area contributed by atoms with E-state index in [9.17, 15) is 0 Å². The van der Waals surface area contributed by atoms with Gasteiger partial charge in [-0.1, -0.05) is 45.0 Å². The molecule has 3 heteroatoms. The van der Waals surface area contributed by atoms with Crippen LogP contribution in [0, 0.1) is 0 Å². The van der Waals surface area contributed by atoms with Crippen LogP contribution in [-0.2, 0) is 6.54 Å². The zero-order chi connectivity index (χ0) is 15.1. The number of aryl methyl sites for hydroxylation is 1. The minimum absolute atomic E-state index is 0.460. The summed E-state index contributed by atoms with van der Waals surface area (Å²) >= 11 is 0. The van der Waals surface area contributed by atoms with Gasteiger partial charge in [-0.15, -0.1) is 0 Å². The molecule has 0 aliphatic heterocycles. The minimum atomic E-state index is 0.460. The van der Waals surface area contributed by atoms with Crippen molar-refractivity contribution in [3.05, 3.63) is 42.2 Å². The van der Waals surface area contributed by atoms with Gasteiger partial charge in [0.05, 0.1) is 6.20 Å². The number of benzene rings is 1. The number of nitrogens with one attached hydrogen (secondary N) is 1. The first-order valence-electron chi connectivity index (χ1n) is 8.14. The summed E-state index contributed by atoms with van der Waals surface area (Å²) in [6, 6.07) is 9.35. The van der Waals surface area contributed by atoms with E-state index in [0.29, 0.717) is 6.04 Å². The van der Waals surface area contributed by atoms with E-state index in [2.05, 4.69) is 61.6 Å². The third kappa shape index (κ3) is 4.18. The molecule has 0 amide bonds. The SMILES string of the molecule is CCCNC(CC)c1ccc(-c2cnn(CCC)c2)cc1. The van der Waals surface area contributed by atoms with Gasteiger partial charge in [0.2, 0.25) is 0 Å². The van der Waals surface area contributed by atoms with Crippen LogP contribution in [0.5, 0.6) is 0 Å². The first-order valence-corrected chi connectivity index (χ1v) is 8.14. The second kappa shape index (κ2) is 7.99. The predicted molar refractivity (Wildman–Crippen MR) is 89.3 cm³/mol. The van der Waals surface area contributed by atoms with Crippen LogP contribution in [0.2, 0.25) is 0 Å². The molecule has 1 heterocycles. The van der Waals surface area contributed by atoms with Crippen LogP contribution in [-0.4, -0.2) is 16.3 Å². The number of hydrogen-bond acceptors (Lipinski definition) is 2. The summed E-state index contributed by atoms with van der Waals surface area (Å²) in [5.74, 6) is 0. The first-order chi connectivity index (χ1) is 10.3. The standard InChI is InChI=1S/C18H27N3/c1-4-11-19-18(6-3)16-9-7-15(8-10-16)17-13-20-21(14-17)12-5-2/h7-10,13-14,18-19H,4-6,11-12H2,1-3H3. The average molecular weight is 285 g/mol. The van der Waals surface area contributed by atoms with E-state index in [1.165, 1.54) is 23.1 Å². The molecule has 0 spiro atoms. The maximum absolute atomic E-state index is 4.40. The first kappa shape index (κ1) is 15.8. The Labute approximate surface area is 128 Å². The summed E-state index contributed by atoms with van der Waals surface area (Å²) in [6.45, 7) is 8.66. The van der Waals surface area contributed by atoms with Crippen LogP contribution in [0.15, 0.2) is 36.7 Å². The molecule has 0 aliphatic carbocycles. The number of hydrogen-bond donors (Lipinski definition) is 1. The number of nitrogens with zero attached hydrogens (tertiary/aromatic N) is 2. The molecule has 3 nitrogen and oxygen atoms in total. The van der Waals surface area contributed by atoms with E-state index in [-0.39, 0.29) is 0 Å². The third-order valence-corrected chi connectivity index (χ3v) is 3.78. The van der Waals surface area contributed by atoms with Crippen molar-refractivity contribution in [2.45, 2.75) is 52.6 Å². The highest BCUT2D eigenvalue weighted by molar-refractivity contribution is 5.62. The fourth-order valence-electron chi connectivity index (χ4n) is 2.59. The summed E-state index contributed by atoms with van der Waals surface area (Å²) in [5, 5.41) is 8.00. The lowest BCUT2D eigenvalue weighted by molar-refractivity contribution is 0.518. The molecule has 0 radical (unpaired) electrons. The highest BCUT2D eigenvalue weighted by Gasteiger charge is 2.08. The summed E-state index contributed by atoms with van der Waals surface area (Å²) < 4.78 is 2.01. The molecule has 1 unspecified atom stereocenters. The maximum Gasteiger partial charge on any atom is 0.0568 e. The van der Waals surface area contributed by atoms with Crippen molar-refractivity contribution in [1.29, 1.82) is 0 Å². The van der Waals surface area contributed by atoms with Gasteiger partial charge in [0.25, 0.3) is 0 Å². The Morgan fingerprint density at radius 3 is 2.43 bits per heavy atom. The van der Waals surface area contributed by atoms with Crippen molar-refractivity contribution >= 4 is 0 Å². The molecule has 2 aromatic rings. The molecular weight excluding hydrogens is 258 g/mol. The number of aromatic nitrogens is 2. The van der Waals surface area contributed by atoms with Crippen molar-refractivity contribution in [2.75, 3.05) is 6.54 Å². The van der Waals surface area contributed by atoms with Crippen LogP contribution in [0.3, 0.4) is 0 Å². The third-order valence-electron chi connectivity index (χ3n) is 3.78. The lowest BCUT2D eigenvalue weighted by Gasteiger charge is -2.17. The normalized spacial score (nSPS) is 12.5. The Morgan fingerprint density at radius 2 is 1.81 bits per heavy atom. The van der Waals surface area contributed by atoms with Gasteiger partial charge in [-0.3, -0.25) is 4.68 Å². The smallest absolute Gasteiger partial charge is 0.0568 e. The molecule has 1 aromatic carbocycles. The molecule has 0 fully saturated rings. The Hall–Kier alpha value is -1.61. The fourth-order valence-corrected chi connectivity index (χ4v) is 2.59. The van der Waals surface area contributed by atoms with Crippen molar-refractivity contribution in [2.24, 2.45) is 0 Å². The molecule has 21 heavy (non-hydrogen) atoms. The Balaban J connectivity index is 2.09. The highest BCUT2D eigenvalue weighted by Crippen LogP contribution is 2.23. The summed E-state index contributed by atoms with van der Waals surface area (Å²) in [7, 11) is 0. The molecule has 1 aromatic heterocycles. The molecule has 0 bridgehead atoms. The van der Waals surface area contributed by atoms with E-state index in [0.717, 1.165) is 25.9 Å². The van der Waals surface area contributed by atoms with Crippen LogP contribution in [0.4, 0.5) is 0 Å². The van der Waals surface area contributed by atoms with Gasteiger partial charge in [0, 0.05) is 24.3 Å². The second-order valence-electron chi connectivity index (χ2n) is 5.53. The molecule has 2 rings (SSSR count). The van der Waals surface area contributed by atoms with Gasteiger partial charge in [-0.25, -0.2) is 0 Å².